The van der Waals surface area contributed by atoms with Gasteiger partial charge in [0.25, 0.3) is 0 Å². The van der Waals surface area contributed by atoms with Crippen LogP contribution in [0.15, 0.2) is 59.0 Å². The fourth-order valence-electron chi connectivity index (χ4n) is 2.28. The molecule has 0 spiro atoms. The van der Waals surface area contributed by atoms with Gasteiger partial charge in [-0.2, -0.15) is 0 Å². The van der Waals surface area contributed by atoms with Gasteiger partial charge in [0.1, 0.15) is 11.3 Å². The van der Waals surface area contributed by atoms with Crippen LogP contribution in [0.25, 0.3) is 22.3 Å². The lowest BCUT2D eigenvalue weighted by Crippen LogP contribution is -2.08. The molecular weight excluding hydrogens is 234 g/mol. The summed E-state index contributed by atoms with van der Waals surface area (Å²) in [5.74, 6) is 0.895. The fourth-order valence-corrected chi connectivity index (χ4v) is 2.28. The highest BCUT2D eigenvalue weighted by molar-refractivity contribution is 5.82. The normalized spacial score (nSPS) is 12.7. The molecule has 2 N–H and O–H groups in total. The van der Waals surface area contributed by atoms with E-state index >= 15 is 0 Å². The lowest BCUT2D eigenvalue weighted by atomic mass is 10.0. The van der Waals surface area contributed by atoms with E-state index in [4.69, 9.17) is 10.2 Å². The van der Waals surface area contributed by atoms with Crippen molar-refractivity contribution >= 4 is 11.0 Å². The third-order valence-electron chi connectivity index (χ3n) is 3.46. The fraction of sp³-hybridized carbons (Fsp3) is 0.176. The van der Waals surface area contributed by atoms with Gasteiger partial charge < -0.3 is 10.2 Å². The summed E-state index contributed by atoms with van der Waals surface area (Å²) < 4.78 is 5.88. The number of rotatable bonds is 3. The Labute approximate surface area is 112 Å². The van der Waals surface area contributed by atoms with Crippen molar-refractivity contribution in [2.24, 2.45) is 5.73 Å². The van der Waals surface area contributed by atoms with E-state index in [1.165, 1.54) is 0 Å². The largest absolute Gasteiger partial charge is 0.456 e. The smallest absolute Gasteiger partial charge is 0.135 e. The van der Waals surface area contributed by atoms with E-state index in [0.29, 0.717) is 0 Å². The topological polar surface area (TPSA) is 39.2 Å². The average Bonchev–Trinajstić information content (AvgIpc) is 2.90. The number of para-hydroxylation sites is 1. The first kappa shape index (κ1) is 12.0. The minimum Gasteiger partial charge on any atom is -0.456 e. The number of hydrogen-bond donors (Lipinski definition) is 1. The van der Waals surface area contributed by atoms with Gasteiger partial charge in [-0.3, -0.25) is 0 Å². The van der Waals surface area contributed by atoms with Gasteiger partial charge in [-0.15, -0.1) is 0 Å². The Morgan fingerprint density at radius 1 is 1.05 bits per heavy atom. The molecule has 3 rings (SSSR count). The van der Waals surface area contributed by atoms with Gasteiger partial charge in [0.15, 0.2) is 0 Å². The van der Waals surface area contributed by atoms with Crippen LogP contribution >= 0.6 is 0 Å². The van der Waals surface area contributed by atoms with Crippen LogP contribution in [0.1, 0.15) is 24.9 Å². The van der Waals surface area contributed by atoms with Crippen molar-refractivity contribution in [3.8, 4) is 11.3 Å². The molecule has 2 aromatic carbocycles. The number of benzene rings is 2. The molecule has 96 valence electrons. The van der Waals surface area contributed by atoms with Crippen molar-refractivity contribution in [3.63, 3.8) is 0 Å². The van der Waals surface area contributed by atoms with Crippen LogP contribution in [0, 0.1) is 0 Å². The molecule has 0 saturated carbocycles. The second kappa shape index (κ2) is 4.90. The van der Waals surface area contributed by atoms with Gasteiger partial charge >= 0.3 is 0 Å². The molecule has 0 aliphatic carbocycles. The molecule has 1 unspecified atom stereocenters. The second-order valence-electron chi connectivity index (χ2n) is 4.79. The highest BCUT2D eigenvalue weighted by atomic mass is 16.3. The number of fused-ring (bicyclic) bond motifs is 1. The lowest BCUT2D eigenvalue weighted by Gasteiger charge is -2.09. The zero-order valence-electron chi connectivity index (χ0n) is 11.0. The first-order valence-electron chi connectivity index (χ1n) is 6.62. The Morgan fingerprint density at radius 2 is 1.89 bits per heavy atom. The molecule has 3 aromatic rings. The summed E-state index contributed by atoms with van der Waals surface area (Å²) in [6.45, 7) is 2.10. The Hall–Kier alpha value is -2.06. The summed E-state index contributed by atoms with van der Waals surface area (Å²) in [6, 6.07) is 18.5. The maximum atomic E-state index is 6.09. The Bertz CT molecular complexity index is 666. The van der Waals surface area contributed by atoms with Crippen molar-refractivity contribution in [2.45, 2.75) is 19.4 Å². The van der Waals surface area contributed by atoms with Gasteiger partial charge in [-0.1, -0.05) is 43.3 Å². The molecule has 19 heavy (non-hydrogen) atoms. The monoisotopic (exact) mass is 251 g/mol. The molecule has 0 radical (unpaired) electrons. The summed E-state index contributed by atoms with van der Waals surface area (Å²) in [7, 11) is 0. The quantitative estimate of drug-likeness (QED) is 0.743. The standard InChI is InChI=1S/C17H17NO/c1-2-15(18)12-7-5-8-13(10-12)17-11-14-6-3-4-9-16(14)19-17/h3-11,15H,2,18H2,1H3. The molecule has 1 aromatic heterocycles. The van der Waals surface area contributed by atoms with Crippen molar-refractivity contribution in [2.75, 3.05) is 0 Å². The summed E-state index contributed by atoms with van der Waals surface area (Å²) in [5.41, 5.74) is 9.24. The van der Waals surface area contributed by atoms with Crippen LogP contribution in [-0.4, -0.2) is 0 Å². The first-order valence-corrected chi connectivity index (χ1v) is 6.62. The van der Waals surface area contributed by atoms with Gasteiger partial charge in [0.2, 0.25) is 0 Å². The Kier molecular flexibility index (Phi) is 3.10. The van der Waals surface area contributed by atoms with E-state index in [0.717, 1.165) is 34.3 Å². The predicted molar refractivity (Wildman–Crippen MR) is 78.9 cm³/mol. The summed E-state index contributed by atoms with van der Waals surface area (Å²) in [6.07, 6.45) is 0.934. The molecule has 0 saturated heterocycles. The van der Waals surface area contributed by atoms with Crippen molar-refractivity contribution in [1.29, 1.82) is 0 Å². The molecular formula is C17H17NO. The van der Waals surface area contributed by atoms with E-state index in [9.17, 15) is 0 Å². The average molecular weight is 251 g/mol. The predicted octanol–water partition coefficient (Wildman–Crippen LogP) is 4.51. The Balaban J connectivity index is 2.06. The first-order chi connectivity index (χ1) is 9.28. The molecule has 0 aliphatic heterocycles. The molecule has 0 aliphatic rings. The van der Waals surface area contributed by atoms with E-state index in [-0.39, 0.29) is 6.04 Å². The highest BCUT2D eigenvalue weighted by Gasteiger charge is 2.08. The van der Waals surface area contributed by atoms with Gasteiger partial charge in [-0.05, 0) is 30.2 Å². The van der Waals surface area contributed by atoms with E-state index in [2.05, 4.69) is 37.3 Å². The van der Waals surface area contributed by atoms with E-state index in [1.54, 1.807) is 0 Å². The zero-order valence-corrected chi connectivity index (χ0v) is 11.0. The van der Waals surface area contributed by atoms with Crippen LogP contribution in [0.4, 0.5) is 0 Å². The highest BCUT2D eigenvalue weighted by Crippen LogP contribution is 2.29. The maximum Gasteiger partial charge on any atom is 0.135 e. The summed E-state index contributed by atoms with van der Waals surface area (Å²) in [5, 5.41) is 1.13. The number of nitrogens with two attached hydrogens (primary N) is 1. The van der Waals surface area contributed by atoms with Crippen LogP contribution in [0.3, 0.4) is 0 Å². The minimum atomic E-state index is 0.0873. The third kappa shape index (κ3) is 2.27. The number of hydrogen-bond acceptors (Lipinski definition) is 2. The maximum absolute atomic E-state index is 6.09. The van der Waals surface area contributed by atoms with E-state index in [1.807, 2.05) is 24.3 Å². The van der Waals surface area contributed by atoms with Crippen LogP contribution in [0.5, 0.6) is 0 Å². The van der Waals surface area contributed by atoms with Crippen LogP contribution < -0.4 is 5.73 Å². The van der Waals surface area contributed by atoms with Crippen LogP contribution in [0.2, 0.25) is 0 Å². The molecule has 0 fully saturated rings. The van der Waals surface area contributed by atoms with Crippen molar-refractivity contribution in [1.82, 2.24) is 0 Å². The van der Waals surface area contributed by atoms with Crippen molar-refractivity contribution < 1.29 is 4.42 Å². The molecule has 1 heterocycles. The van der Waals surface area contributed by atoms with Gasteiger partial charge in [0.05, 0.1) is 0 Å². The van der Waals surface area contributed by atoms with Gasteiger partial charge in [0, 0.05) is 17.0 Å². The SMILES string of the molecule is CCC(N)c1cccc(-c2cc3ccccc3o2)c1. The zero-order chi connectivity index (χ0) is 13.2. The molecule has 0 amide bonds. The van der Waals surface area contributed by atoms with Crippen molar-refractivity contribution in [3.05, 3.63) is 60.2 Å². The molecule has 2 heteroatoms. The summed E-state index contributed by atoms with van der Waals surface area (Å²) in [4.78, 5) is 0. The Morgan fingerprint density at radius 3 is 2.68 bits per heavy atom. The lowest BCUT2D eigenvalue weighted by molar-refractivity contribution is 0.631. The molecule has 0 bridgehead atoms. The second-order valence-corrected chi connectivity index (χ2v) is 4.79. The summed E-state index contributed by atoms with van der Waals surface area (Å²) >= 11 is 0. The number of furan rings is 1. The van der Waals surface area contributed by atoms with Crippen LogP contribution in [-0.2, 0) is 0 Å². The van der Waals surface area contributed by atoms with Gasteiger partial charge in [-0.25, -0.2) is 0 Å². The molecule has 1 atom stereocenters. The third-order valence-corrected chi connectivity index (χ3v) is 3.46. The molecule has 2 nitrogen and oxygen atoms in total. The minimum absolute atomic E-state index is 0.0873. The van der Waals surface area contributed by atoms with E-state index < -0.39 is 0 Å².